The van der Waals surface area contributed by atoms with Crippen LogP contribution in [0, 0.1) is 5.41 Å². The van der Waals surface area contributed by atoms with Crippen LogP contribution in [0.5, 0.6) is 0 Å². The maximum absolute atomic E-state index is 10.4. The second kappa shape index (κ2) is 2.96. The van der Waals surface area contributed by atoms with Crippen LogP contribution in [0.4, 0.5) is 4.79 Å². The number of carbonyl (C=O) groups is 1. The number of hydrogen-bond donors (Lipinski definition) is 2. The molecule has 0 radical (unpaired) electrons. The number of hydrogen-bond acceptors (Lipinski definition) is 2. The third-order valence-corrected chi connectivity index (χ3v) is 1.15. The lowest BCUT2D eigenvalue weighted by molar-refractivity contribution is 0.167. The molecule has 2 N–H and O–H groups in total. The molecule has 11 heavy (non-hydrogen) atoms. The summed E-state index contributed by atoms with van der Waals surface area (Å²) in [6, 6.07) is 0. The summed E-state index contributed by atoms with van der Waals surface area (Å²) in [7, 11) is 0. The van der Waals surface area contributed by atoms with E-state index < -0.39 is 6.09 Å². The lowest BCUT2D eigenvalue weighted by Gasteiger charge is -2.10. The molecule has 0 fully saturated rings. The van der Waals surface area contributed by atoms with Gasteiger partial charge in [0.05, 0.1) is 6.54 Å². The van der Waals surface area contributed by atoms with Crippen LogP contribution in [-0.2, 0) is 0 Å². The zero-order valence-corrected chi connectivity index (χ0v) is 5.69. The Kier molecular flexibility index (Phi) is 2.00. The lowest BCUT2D eigenvalue weighted by Crippen LogP contribution is -2.27. The van der Waals surface area contributed by atoms with Crippen molar-refractivity contribution in [2.24, 2.45) is 4.99 Å². The van der Waals surface area contributed by atoms with Crippen LogP contribution in [0.2, 0.25) is 0 Å². The van der Waals surface area contributed by atoms with Gasteiger partial charge in [0.15, 0.2) is 0 Å². The minimum Gasteiger partial charge on any atom is -0.465 e. The Morgan fingerprint density at radius 3 is 3.18 bits per heavy atom. The average molecular weight is 153 g/mol. The minimum absolute atomic E-state index is 0.0162. The molecule has 1 amide bonds. The minimum atomic E-state index is -1.07. The molecule has 0 bridgehead atoms. The normalized spacial score (nSPS) is 16.7. The summed E-state index contributed by atoms with van der Waals surface area (Å²) in [5.74, 6) is 0.0393. The van der Waals surface area contributed by atoms with Crippen molar-refractivity contribution in [1.82, 2.24) is 4.90 Å². The highest BCUT2D eigenvalue weighted by atomic mass is 16.4. The Labute approximate surface area is 63.2 Å². The van der Waals surface area contributed by atoms with Gasteiger partial charge in [-0.1, -0.05) is 0 Å². The third-order valence-electron chi connectivity index (χ3n) is 1.15. The number of amidine groups is 1. The van der Waals surface area contributed by atoms with E-state index in [2.05, 4.69) is 4.99 Å². The van der Waals surface area contributed by atoms with Crippen LogP contribution in [0.1, 0.15) is 0 Å². The van der Waals surface area contributed by atoms with E-state index in [1.807, 2.05) is 0 Å². The van der Waals surface area contributed by atoms with E-state index in [4.69, 9.17) is 10.5 Å². The largest absolute Gasteiger partial charge is 0.465 e. The Hall–Kier alpha value is -1.65. The topological polar surface area (TPSA) is 76.8 Å². The molecule has 0 unspecified atom stereocenters. The van der Waals surface area contributed by atoms with Gasteiger partial charge in [0.2, 0.25) is 0 Å². The summed E-state index contributed by atoms with van der Waals surface area (Å²) in [4.78, 5) is 15.0. The van der Waals surface area contributed by atoms with Gasteiger partial charge in [-0.05, 0) is 6.08 Å². The van der Waals surface area contributed by atoms with Gasteiger partial charge in [0.25, 0.3) is 0 Å². The number of rotatable bonds is 0. The first-order valence-corrected chi connectivity index (χ1v) is 2.98. The molecule has 1 heterocycles. The van der Waals surface area contributed by atoms with E-state index >= 15 is 0 Å². The van der Waals surface area contributed by atoms with Crippen molar-refractivity contribution in [2.45, 2.75) is 0 Å². The van der Waals surface area contributed by atoms with Crippen molar-refractivity contribution < 1.29 is 9.90 Å². The summed E-state index contributed by atoms with van der Waals surface area (Å²) >= 11 is 0. The number of nitrogens with zero attached hydrogens (tertiary/aromatic N) is 2. The second-order valence-corrected chi connectivity index (χ2v) is 1.98. The fourth-order valence-electron chi connectivity index (χ4n) is 0.662. The number of aliphatic imine (C=N–C) groups is 1. The zero-order chi connectivity index (χ0) is 8.27. The fourth-order valence-corrected chi connectivity index (χ4v) is 0.662. The SMILES string of the molecule is N=C1CN(C(=O)O)C=CC=N1. The van der Waals surface area contributed by atoms with Gasteiger partial charge >= 0.3 is 6.09 Å². The Morgan fingerprint density at radius 1 is 1.82 bits per heavy atom. The molecule has 1 aliphatic heterocycles. The third kappa shape index (κ3) is 1.89. The first-order valence-electron chi connectivity index (χ1n) is 2.98. The predicted octanol–water partition coefficient (Wildman–Crippen LogP) is 0.542. The smallest absolute Gasteiger partial charge is 0.411 e. The molecular weight excluding hydrogens is 146 g/mol. The van der Waals surface area contributed by atoms with Gasteiger partial charge in [-0.3, -0.25) is 10.3 Å². The molecular formula is C6H7N3O2. The summed E-state index contributed by atoms with van der Waals surface area (Å²) in [6.07, 6.45) is 3.17. The van der Waals surface area contributed by atoms with E-state index in [0.717, 1.165) is 4.90 Å². The summed E-state index contributed by atoms with van der Waals surface area (Å²) in [5, 5.41) is 15.6. The van der Waals surface area contributed by atoms with Gasteiger partial charge in [0, 0.05) is 12.4 Å². The highest BCUT2D eigenvalue weighted by Crippen LogP contribution is 1.95. The quantitative estimate of drug-likeness (QED) is 0.532. The second-order valence-electron chi connectivity index (χ2n) is 1.98. The van der Waals surface area contributed by atoms with Crippen molar-refractivity contribution in [1.29, 1.82) is 5.41 Å². The molecule has 0 atom stereocenters. The molecule has 5 nitrogen and oxygen atoms in total. The fraction of sp³-hybridized carbons (Fsp3) is 0.167. The summed E-state index contributed by atoms with van der Waals surface area (Å²) in [6.45, 7) is 0.0162. The van der Waals surface area contributed by atoms with E-state index in [-0.39, 0.29) is 12.4 Å². The summed E-state index contributed by atoms with van der Waals surface area (Å²) in [5.41, 5.74) is 0. The highest BCUT2D eigenvalue weighted by Gasteiger charge is 2.10. The molecule has 0 spiro atoms. The van der Waals surface area contributed by atoms with Crippen molar-refractivity contribution in [3.63, 3.8) is 0 Å². The van der Waals surface area contributed by atoms with E-state index in [0.29, 0.717) is 0 Å². The molecule has 1 rings (SSSR count). The number of allylic oxidation sites excluding steroid dienone is 1. The van der Waals surface area contributed by atoms with Gasteiger partial charge in [-0.2, -0.15) is 0 Å². The molecule has 0 aromatic rings. The van der Waals surface area contributed by atoms with Crippen LogP contribution < -0.4 is 0 Å². The van der Waals surface area contributed by atoms with E-state index in [9.17, 15) is 4.79 Å². The van der Waals surface area contributed by atoms with Crippen molar-refractivity contribution in [2.75, 3.05) is 6.54 Å². The highest BCUT2D eigenvalue weighted by molar-refractivity contribution is 5.94. The van der Waals surface area contributed by atoms with Crippen molar-refractivity contribution in [3.8, 4) is 0 Å². The van der Waals surface area contributed by atoms with E-state index in [1.165, 1.54) is 18.5 Å². The Balaban J connectivity index is 2.72. The monoisotopic (exact) mass is 153 g/mol. The molecule has 0 aromatic carbocycles. The summed E-state index contributed by atoms with van der Waals surface area (Å²) < 4.78 is 0. The number of carboxylic acid groups (broad SMARTS) is 1. The van der Waals surface area contributed by atoms with Crippen LogP contribution >= 0.6 is 0 Å². The van der Waals surface area contributed by atoms with Crippen molar-refractivity contribution >= 4 is 18.1 Å². The molecule has 1 aliphatic rings. The molecule has 0 aliphatic carbocycles. The van der Waals surface area contributed by atoms with E-state index in [1.54, 1.807) is 0 Å². The molecule has 0 saturated heterocycles. The maximum atomic E-state index is 10.4. The molecule has 5 heteroatoms. The van der Waals surface area contributed by atoms with Gasteiger partial charge in [0.1, 0.15) is 5.84 Å². The average Bonchev–Trinajstić information content (AvgIpc) is 2.13. The number of amides is 1. The Morgan fingerprint density at radius 2 is 2.55 bits per heavy atom. The van der Waals surface area contributed by atoms with Crippen LogP contribution in [0.15, 0.2) is 17.3 Å². The van der Waals surface area contributed by atoms with Crippen LogP contribution in [0.25, 0.3) is 0 Å². The van der Waals surface area contributed by atoms with Gasteiger partial charge in [-0.15, -0.1) is 0 Å². The van der Waals surface area contributed by atoms with Crippen molar-refractivity contribution in [3.05, 3.63) is 12.3 Å². The van der Waals surface area contributed by atoms with Crippen LogP contribution in [-0.4, -0.2) is 34.7 Å². The lowest BCUT2D eigenvalue weighted by atomic mass is 10.5. The molecule has 0 saturated carbocycles. The first-order chi connectivity index (χ1) is 5.20. The van der Waals surface area contributed by atoms with Crippen LogP contribution in [0.3, 0.4) is 0 Å². The number of nitrogens with one attached hydrogen (secondary N) is 1. The first kappa shape index (κ1) is 7.46. The molecule has 58 valence electrons. The van der Waals surface area contributed by atoms with Gasteiger partial charge < -0.3 is 5.11 Å². The Bertz CT molecular complexity index is 244. The maximum Gasteiger partial charge on any atom is 0.411 e. The standard InChI is InChI=1S/C6H7N3O2/c7-5-4-9(6(10)11)3-1-2-8-5/h1-3,7H,4H2,(H,10,11). The zero-order valence-electron chi connectivity index (χ0n) is 5.69. The predicted molar refractivity (Wildman–Crippen MR) is 40.1 cm³/mol. The van der Waals surface area contributed by atoms with Gasteiger partial charge in [-0.25, -0.2) is 9.79 Å². The molecule has 0 aromatic heterocycles.